The molecule has 4 heteroatoms. The van der Waals surface area contributed by atoms with Crippen molar-refractivity contribution in [3.63, 3.8) is 0 Å². The molecule has 0 N–H and O–H groups in total. The molecule has 2 aromatic carbocycles. The Kier molecular flexibility index (Phi) is 2.76. The van der Waals surface area contributed by atoms with Crippen LogP contribution in [-0.2, 0) is 0 Å². The summed E-state index contributed by atoms with van der Waals surface area (Å²) in [5.74, 6) is 0.749. The predicted octanol–water partition coefficient (Wildman–Crippen LogP) is 3.67. The van der Waals surface area contributed by atoms with Crippen LogP contribution in [0.25, 0.3) is 27.8 Å². The van der Waals surface area contributed by atoms with Crippen LogP contribution >= 0.6 is 0 Å². The van der Waals surface area contributed by atoms with Gasteiger partial charge in [-0.2, -0.15) is 0 Å². The van der Waals surface area contributed by atoms with E-state index in [0.717, 1.165) is 34.0 Å². The molecule has 0 aliphatic rings. The minimum atomic E-state index is 0.555. The highest BCUT2D eigenvalue weighted by Crippen LogP contribution is 2.28. The Bertz CT molecular complexity index is 1010. The van der Waals surface area contributed by atoms with Gasteiger partial charge in [0.25, 0.3) is 0 Å². The summed E-state index contributed by atoms with van der Waals surface area (Å²) in [6, 6.07) is 16.1. The summed E-state index contributed by atoms with van der Waals surface area (Å²) in [6.07, 6.45) is 2.78. The third-order valence-corrected chi connectivity index (χ3v) is 3.83. The first-order valence-corrected chi connectivity index (χ1v) is 7.06. The maximum absolute atomic E-state index is 11.2. The fourth-order valence-electron chi connectivity index (χ4n) is 2.85. The minimum Gasteiger partial charge on any atom is -0.298 e. The second kappa shape index (κ2) is 4.77. The highest BCUT2D eigenvalue weighted by molar-refractivity contribution is 5.95. The van der Waals surface area contributed by atoms with Crippen molar-refractivity contribution in [1.82, 2.24) is 14.6 Å². The second-order valence-corrected chi connectivity index (χ2v) is 5.33. The SMILES string of the molecule is Cc1cc(C=O)c2nnc(-c3cccc4ccccc34)n2c1. The van der Waals surface area contributed by atoms with Crippen LogP contribution in [-0.4, -0.2) is 20.9 Å². The Hall–Kier alpha value is -3.01. The van der Waals surface area contributed by atoms with Crippen LogP contribution in [0, 0.1) is 6.92 Å². The summed E-state index contributed by atoms with van der Waals surface area (Å²) in [4.78, 5) is 11.2. The zero-order valence-electron chi connectivity index (χ0n) is 12.0. The van der Waals surface area contributed by atoms with Crippen molar-refractivity contribution >= 4 is 22.7 Å². The van der Waals surface area contributed by atoms with Crippen LogP contribution in [0.15, 0.2) is 54.7 Å². The maximum Gasteiger partial charge on any atom is 0.171 e. The topological polar surface area (TPSA) is 47.3 Å². The molecule has 0 radical (unpaired) electrons. The molecule has 4 nitrogen and oxygen atoms in total. The van der Waals surface area contributed by atoms with E-state index in [0.29, 0.717) is 11.2 Å². The molecule has 0 saturated heterocycles. The van der Waals surface area contributed by atoms with E-state index in [4.69, 9.17) is 0 Å². The average Bonchev–Trinajstić information content (AvgIpc) is 2.97. The van der Waals surface area contributed by atoms with Crippen molar-refractivity contribution in [3.8, 4) is 11.4 Å². The summed E-state index contributed by atoms with van der Waals surface area (Å²) in [5, 5.41) is 10.8. The molecule has 4 rings (SSSR count). The molecule has 0 atom stereocenters. The van der Waals surface area contributed by atoms with Gasteiger partial charge in [-0.05, 0) is 29.3 Å². The van der Waals surface area contributed by atoms with Crippen molar-refractivity contribution in [1.29, 1.82) is 0 Å². The van der Waals surface area contributed by atoms with E-state index >= 15 is 0 Å². The molecule has 4 aromatic rings. The van der Waals surface area contributed by atoms with Gasteiger partial charge in [-0.15, -0.1) is 10.2 Å². The number of aldehydes is 1. The number of nitrogens with zero attached hydrogens (tertiary/aromatic N) is 3. The zero-order valence-corrected chi connectivity index (χ0v) is 12.0. The van der Waals surface area contributed by atoms with Gasteiger partial charge >= 0.3 is 0 Å². The number of pyridine rings is 1. The highest BCUT2D eigenvalue weighted by Gasteiger charge is 2.13. The van der Waals surface area contributed by atoms with Crippen molar-refractivity contribution in [2.24, 2.45) is 0 Å². The molecule has 106 valence electrons. The van der Waals surface area contributed by atoms with Gasteiger partial charge in [-0.25, -0.2) is 0 Å². The lowest BCUT2D eigenvalue weighted by atomic mass is 10.0. The first-order valence-electron chi connectivity index (χ1n) is 7.06. The molecular formula is C18H13N3O. The number of carbonyl (C=O) groups excluding carboxylic acids is 1. The van der Waals surface area contributed by atoms with Gasteiger partial charge in [-0.1, -0.05) is 42.5 Å². The van der Waals surface area contributed by atoms with E-state index in [-0.39, 0.29) is 0 Å². The molecule has 2 heterocycles. The Morgan fingerprint density at radius 1 is 1.05 bits per heavy atom. The van der Waals surface area contributed by atoms with E-state index in [1.807, 2.05) is 47.9 Å². The summed E-state index contributed by atoms with van der Waals surface area (Å²) in [7, 11) is 0. The van der Waals surface area contributed by atoms with Gasteiger partial charge in [0.05, 0.1) is 5.56 Å². The lowest BCUT2D eigenvalue weighted by Crippen LogP contribution is -1.95. The molecule has 0 bridgehead atoms. The molecule has 0 fully saturated rings. The van der Waals surface area contributed by atoms with Gasteiger partial charge in [0.2, 0.25) is 0 Å². The number of aryl methyl sites for hydroxylation is 1. The lowest BCUT2D eigenvalue weighted by Gasteiger charge is -2.06. The van der Waals surface area contributed by atoms with Crippen molar-refractivity contribution in [2.75, 3.05) is 0 Å². The van der Waals surface area contributed by atoms with Gasteiger partial charge in [0, 0.05) is 11.8 Å². The average molecular weight is 287 g/mol. The van der Waals surface area contributed by atoms with Gasteiger partial charge in [-0.3, -0.25) is 9.20 Å². The van der Waals surface area contributed by atoms with E-state index in [1.165, 1.54) is 0 Å². The summed E-state index contributed by atoms with van der Waals surface area (Å²) in [6.45, 7) is 1.96. The number of carbonyl (C=O) groups is 1. The molecular weight excluding hydrogens is 274 g/mol. The van der Waals surface area contributed by atoms with Crippen molar-refractivity contribution in [2.45, 2.75) is 6.92 Å². The van der Waals surface area contributed by atoms with Crippen molar-refractivity contribution in [3.05, 3.63) is 65.9 Å². The third kappa shape index (κ3) is 1.81. The first-order chi connectivity index (χ1) is 10.8. The molecule has 22 heavy (non-hydrogen) atoms. The standard InChI is InChI=1S/C18H13N3O/c1-12-9-14(11-22)17-19-20-18(21(17)10-12)16-8-4-6-13-5-2-3-7-15(13)16/h2-11H,1H3. The zero-order chi connectivity index (χ0) is 15.1. The fraction of sp³-hybridized carbons (Fsp3) is 0.0556. The summed E-state index contributed by atoms with van der Waals surface area (Å²) >= 11 is 0. The highest BCUT2D eigenvalue weighted by atomic mass is 16.1. The van der Waals surface area contributed by atoms with Crippen LogP contribution in [0.1, 0.15) is 15.9 Å². The predicted molar refractivity (Wildman–Crippen MR) is 86.1 cm³/mol. The first kappa shape index (κ1) is 12.7. The Morgan fingerprint density at radius 3 is 2.73 bits per heavy atom. The minimum absolute atomic E-state index is 0.555. The fourth-order valence-corrected chi connectivity index (χ4v) is 2.85. The molecule has 0 amide bonds. The van der Waals surface area contributed by atoms with Gasteiger partial charge in [0.15, 0.2) is 17.8 Å². The van der Waals surface area contributed by atoms with Crippen LogP contribution in [0.2, 0.25) is 0 Å². The quantitative estimate of drug-likeness (QED) is 0.528. The molecule has 0 aliphatic heterocycles. The van der Waals surface area contributed by atoms with Crippen LogP contribution in [0.5, 0.6) is 0 Å². The van der Waals surface area contributed by atoms with E-state index in [9.17, 15) is 4.79 Å². The molecule has 0 spiro atoms. The molecule has 0 saturated carbocycles. The Balaban J connectivity index is 2.09. The van der Waals surface area contributed by atoms with E-state index < -0.39 is 0 Å². The number of aromatic nitrogens is 3. The Labute approximate surface area is 127 Å². The summed E-state index contributed by atoms with van der Waals surface area (Å²) in [5.41, 5.74) is 3.14. The normalized spacial score (nSPS) is 11.1. The largest absolute Gasteiger partial charge is 0.298 e. The third-order valence-electron chi connectivity index (χ3n) is 3.83. The lowest BCUT2D eigenvalue weighted by molar-refractivity contribution is 0.112. The number of rotatable bonds is 2. The van der Waals surface area contributed by atoms with Crippen LogP contribution in [0.4, 0.5) is 0 Å². The van der Waals surface area contributed by atoms with Crippen LogP contribution in [0.3, 0.4) is 0 Å². The van der Waals surface area contributed by atoms with Gasteiger partial charge in [0.1, 0.15) is 0 Å². The number of benzene rings is 2. The van der Waals surface area contributed by atoms with Crippen LogP contribution < -0.4 is 0 Å². The van der Waals surface area contributed by atoms with Crippen molar-refractivity contribution < 1.29 is 4.79 Å². The second-order valence-electron chi connectivity index (χ2n) is 5.33. The molecule has 0 aliphatic carbocycles. The van der Waals surface area contributed by atoms with Gasteiger partial charge < -0.3 is 0 Å². The van der Waals surface area contributed by atoms with E-state index in [1.54, 1.807) is 0 Å². The molecule has 2 aromatic heterocycles. The maximum atomic E-state index is 11.2. The van der Waals surface area contributed by atoms with E-state index in [2.05, 4.69) is 28.4 Å². The smallest absolute Gasteiger partial charge is 0.171 e. The number of hydrogen-bond acceptors (Lipinski definition) is 3. The Morgan fingerprint density at radius 2 is 1.86 bits per heavy atom. The number of hydrogen-bond donors (Lipinski definition) is 0. The number of fused-ring (bicyclic) bond motifs is 2. The molecule has 0 unspecified atom stereocenters. The monoisotopic (exact) mass is 287 g/mol. The summed E-state index contributed by atoms with van der Waals surface area (Å²) < 4.78 is 1.89.